The molecule has 2 aromatic carbocycles. The van der Waals surface area contributed by atoms with E-state index in [1.165, 1.54) is 0 Å². The van der Waals surface area contributed by atoms with E-state index < -0.39 is 0 Å². The number of carbonyl (C=O) groups excluding carboxylic acids is 1. The number of hydrogen-bond donors (Lipinski definition) is 1. The van der Waals surface area contributed by atoms with Crippen molar-refractivity contribution < 1.29 is 14.3 Å². The van der Waals surface area contributed by atoms with Gasteiger partial charge in [0.2, 0.25) is 5.91 Å². The second kappa shape index (κ2) is 8.22. The van der Waals surface area contributed by atoms with Crippen LogP contribution in [0.5, 0.6) is 11.5 Å². The molecule has 0 saturated carbocycles. The number of ether oxygens (including phenoxy) is 2. The standard InChI is InChI=1S/C19H23NO3/c1-14(16-7-5-4-6-8-16)19(21)20-12-11-15-9-10-17(22-2)18(13-15)23-3/h4-10,13-14H,11-12H2,1-3H3,(H,20,21). The van der Waals surface area contributed by atoms with Gasteiger partial charge in [0.15, 0.2) is 11.5 Å². The van der Waals surface area contributed by atoms with E-state index in [9.17, 15) is 4.79 Å². The van der Waals surface area contributed by atoms with Crippen LogP contribution in [0.4, 0.5) is 0 Å². The molecule has 4 nitrogen and oxygen atoms in total. The third kappa shape index (κ3) is 4.49. The smallest absolute Gasteiger partial charge is 0.227 e. The Labute approximate surface area is 137 Å². The van der Waals surface area contributed by atoms with Crippen LogP contribution in [0.25, 0.3) is 0 Å². The summed E-state index contributed by atoms with van der Waals surface area (Å²) in [5.41, 5.74) is 2.12. The van der Waals surface area contributed by atoms with Gasteiger partial charge in [0.1, 0.15) is 0 Å². The largest absolute Gasteiger partial charge is 0.493 e. The van der Waals surface area contributed by atoms with E-state index in [0.717, 1.165) is 17.5 Å². The van der Waals surface area contributed by atoms with Crippen LogP contribution in [0.2, 0.25) is 0 Å². The van der Waals surface area contributed by atoms with Gasteiger partial charge >= 0.3 is 0 Å². The number of rotatable bonds is 7. The van der Waals surface area contributed by atoms with Crippen molar-refractivity contribution in [3.63, 3.8) is 0 Å². The molecule has 0 aliphatic heterocycles. The van der Waals surface area contributed by atoms with Crippen molar-refractivity contribution in [3.05, 3.63) is 59.7 Å². The number of methoxy groups -OCH3 is 2. The molecule has 0 heterocycles. The third-order valence-corrected chi connectivity index (χ3v) is 3.85. The highest BCUT2D eigenvalue weighted by Gasteiger charge is 2.14. The average molecular weight is 313 g/mol. The molecule has 0 fully saturated rings. The summed E-state index contributed by atoms with van der Waals surface area (Å²) in [5.74, 6) is 1.30. The predicted molar refractivity (Wildman–Crippen MR) is 91.1 cm³/mol. The maximum absolute atomic E-state index is 12.2. The third-order valence-electron chi connectivity index (χ3n) is 3.85. The Morgan fingerprint density at radius 3 is 2.39 bits per heavy atom. The average Bonchev–Trinajstić information content (AvgIpc) is 2.61. The number of nitrogens with one attached hydrogen (secondary N) is 1. The Balaban J connectivity index is 1.88. The summed E-state index contributed by atoms with van der Waals surface area (Å²) in [5, 5.41) is 2.98. The van der Waals surface area contributed by atoms with Crippen LogP contribution in [-0.4, -0.2) is 26.7 Å². The van der Waals surface area contributed by atoms with Crippen molar-refractivity contribution in [3.8, 4) is 11.5 Å². The fraction of sp³-hybridized carbons (Fsp3) is 0.316. The highest BCUT2D eigenvalue weighted by atomic mass is 16.5. The molecule has 1 atom stereocenters. The van der Waals surface area contributed by atoms with Crippen LogP contribution >= 0.6 is 0 Å². The first-order chi connectivity index (χ1) is 11.2. The van der Waals surface area contributed by atoms with Crippen molar-refractivity contribution >= 4 is 5.91 Å². The second-order valence-electron chi connectivity index (χ2n) is 5.36. The monoisotopic (exact) mass is 313 g/mol. The normalized spacial score (nSPS) is 11.6. The van der Waals surface area contributed by atoms with Crippen LogP contribution < -0.4 is 14.8 Å². The molecule has 0 saturated heterocycles. The molecule has 0 aliphatic rings. The summed E-state index contributed by atoms with van der Waals surface area (Å²) in [6.45, 7) is 2.51. The lowest BCUT2D eigenvalue weighted by Crippen LogP contribution is -2.29. The summed E-state index contributed by atoms with van der Waals surface area (Å²) >= 11 is 0. The number of carbonyl (C=O) groups is 1. The van der Waals surface area contributed by atoms with Crippen molar-refractivity contribution in [2.45, 2.75) is 19.3 Å². The molecular weight excluding hydrogens is 290 g/mol. The van der Waals surface area contributed by atoms with Gasteiger partial charge < -0.3 is 14.8 Å². The summed E-state index contributed by atoms with van der Waals surface area (Å²) in [6.07, 6.45) is 0.744. The minimum atomic E-state index is -0.151. The van der Waals surface area contributed by atoms with Gasteiger partial charge in [-0.05, 0) is 36.6 Å². The summed E-state index contributed by atoms with van der Waals surface area (Å²) < 4.78 is 10.5. The zero-order valence-corrected chi connectivity index (χ0v) is 13.8. The Morgan fingerprint density at radius 2 is 1.74 bits per heavy atom. The zero-order valence-electron chi connectivity index (χ0n) is 13.8. The van der Waals surface area contributed by atoms with Crippen LogP contribution in [-0.2, 0) is 11.2 Å². The van der Waals surface area contributed by atoms with Crippen molar-refractivity contribution in [2.24, 2.45) is 0 Å². The quantitative estimate of drug-likeness (QED) is 0.854. The van der Waals surface area contributed by atoms with E-state index >= 15 is 0 Å². The summed E-state index contributed by atoms with van der Waals surface area (Å²) in [6, 6.07) is 15.6. The van der Waals surface area contributed by atoms with Gasteiger partial charge in [0.05, 0.1) is 20.1 Å². The molecular formula is C19H23NO3. The lowest BCUT2D eigenvalue weighted by molar-refractivity contribution is -0.122. The van der Waals surface area contributed by atoms with Gasteiger partial charge in [0.25, 0.3) is 0 Å². The lowest BCUT2D eigenvalue weighted by Gasteiger charge is -2.13. The molecule has 2 rings (SSSR count). The minimum Gasteiger partial charge on any atom is -0.493 e. The molecule has 23 heavy (non-hydrogen) atoms. The fourth-order valence-electron chi connectivity index (χ4n) is 2.41. The van der Waals surface area contributed by atoms with Crippen LogP contribution in [0.1, 0.15) is 24.0 Å². The molecule has 0 bridgehead atoms. The van der Waals surface area contributed by atoms with Crippen LogP contribution in [0.15, 0.2) is 48.5 Å². The molecule has 2 aromatic rings. The van der Waals surface area contributed by atoms with E-state index in [0.29, 0.717) is 18.0 Å². The molecule has 4 heteroatoms. The fourth-order valence-corrected chi connectivity index (χ4v) is 2.41. The SMILES string of the molecule is COc1ccc(CCNC(=O)C(C)c2ccccc2)cc1OC. The predicted octanol–water partition coefficient (Wildman–Crippen LogP) is 3.17. The molecule has 0 radical (unpaired) electrons. The summed E-state index contributed by atoms with van der Waals surface area (Å²) in [7, 11) is 3.23. The summed E-state index contributed by atoms with van der Waals surface area (Å²) in [4.78, 5) is 12.2. The molecule has 1 unspecified atom stereocenters. The highest BCUT2D eigenvalue weighted by molar-refractivity contribution is 5.83. The first kappa shape index (κ1) is 16.9. The van der Waals surface area contributed by atoms with E-state index in [2.05, 4.69) is 5.32 Å². The van der Waals surface area contributed by atoms with Crippen molar-refractivity contribution in [2.75, 3.05) is 20.8 Å². The zero-order chi connectivity index (χ0) is 16.7. The first-order valence-electron chi connectivity index (χ1n) is 7.69. The van der Waals surface area contributed by atoms with Gasteiger partial charge in [-0.25, -0.2) is 0 Å². The molecule has 0 aliphatic carbocycles. The van der Waals surface area contributed by atoms with E-state index in [1.54, 1.807) is 14.2 Å². The number of amides is 1. The molecule has 122 valence electrons. The lowest BCUT2D eigenvalue weighted by atomic mass is 10.0. The van der Waals surface area contributed by atoms with Gasteiger partial charge in [0, 0.05) is 6.54 Å². The Hall–Kier alpha value is -2.49. The molecule has 1 N–H and O–H groups in total. The van der Waals surface area contributed by atoms with E-state index in [-0.39, 0.29) is 11.8 Å². The van der Waals surface area contributed by atoms with Crippen molar-refractivity contribution in [1.29, 1.82) is 0 Å². The number of benzene rings is 2. The molecule has 0 spiro atoms. The minimum absolute atomic E-state index is 0.0386. The Morgan fingerprint density at radius 1 is 1.04 bits per heavy atom. The molecule has 0 aromatic heterocycles. The van der Waals surface area contributed by atoms with Gasteiger partial charge in [-0.2, -0.15) is 0 Å². The molecule has 1 amide bonds. The van der Waals surface area contributed by atoms with Crippen LogP contribution in [0, 0.1) is 0 Å². The maximum atomic E-state index is 12.2. The van der Waals surface area contributed by atoms with Crippen LogP contribution in [0.3, 0.4) is 0 Å². The Bertz CT molecular complexity index is 640. The second-order valence-corrected chi connectivity index (χ2v) is 5.36. The van der Waals surface area contributed by atoms with Gasteiger partial charge in [-0.15, -0.1) is 0 Å². The van der Waals surface area contributed by atoms with E-state index in [4.69, 9.17) is 9.47 Å². The Kier molecular flexibility index (Phi) is 6.03. The number of hydrogen-bond acceptors (Lipinski definition) is 3. The van der Waals surface area contributed by atoms with Crippen molar-refractivity contribution in [1.82, 2.24) is 5.32 Å². The van der Waals surface area contributed by atoms with Gasteiger partial charge in [-0.3, -0.25) is 4.79 Å². The first-order valence-corrected chi connectivity index (χ1v) is 7.69. The maximum Gasteiger partial charge on any atom is 0.227 e. The van der Waals surface area contributed by atoms with Gasteiger partial charge in [-0.1, -0.05) is 36.4 Å². The van der Waals surface area contributed by atoms with E-state index in [1.807, 2.05) is 55.5 Å². The highest BCUT2D eigenvalue weighted by Crippen LogP contribution is 2.27. The topological polar surface area (TPSA) is 47.6 Å².